The van der Waals surface area contributed by atoms with E-state index in [0.29, 0.717) is 22.3 Å². The highest BCUT2D eigenvalue weighted by Gasteiger charge is 2.20. The number of carbonyl (C=O) groups is 1. The zero-order valence-electron chi connectivity index (χ0n) is 15.3. The van der Waals surface area contributed by atoms with Crippen LogP contribution in [0.3, 0.4) is 0 Å². The first-order chi connectivity index (χ1) is 13.2. The zero-order valence-corrected chi connectivity index (χ0v) is 19.3. The van der Waals surface area contributed by atoms with Crippen molar-refractivity contribution in [3.05, 3.63) is 28.2 Å². The summed E-state index contributed by atoms with van der Waals surface area (Å²) in [6.45, 7) is 2.17. The number of aromatic nitrogens is 2. The van der Waals surface area contributed by atoms with E-state index in [9.17, 15) is 13.2 Å². The van der Waals surface area contributed by atoms with Gasteiger partial charge in [-0.2, -0.15) is 0 Å². The fourth-order valence-electron chi connectivity index (χ4n) is 2.21. The Morgan fingerprint density at radius 1 is 1.32 bits per heavy atom. The molecule has 7 nitrogen and oxygen atoms in total. The molecule has 0 saturated carbocycles. The molecule has 0 aliphatic carbocycles. The van der Waals surface area contributed by atoms with Crippen LogP contribution in [-0.4, -0.2) is 43.1 Å². The molecule has 0 fully saturated rings. The lowest BCUT2D eigenvalue weighted by Gasteiger charge is -2.23. The molecule has 0 aliphatic heterocycles. The second kappa shape index (κ2) is 10.6. The maximum Gasteiger partial charge on any atom is 0.232 e. The maximum absolute atomic E-state index is 12.2. The predicted octanol–water partition coefficient (Wildman–Crippen LogP) is 4.53. The highest BCUT2D eigenvalue weighted by atomic mass is 35.5. The number of carbonyl (C=O) groups excluding carboxylic acids is 1. The summed E-state index contributed by atoms with van der Waals surface area (Å²) in [7, 11) is -3.58. The highest BCUT2D eigenvalue weighted by molar-refractivity contribution is 8.01. The molecule has 1 amide bonds. The maximum atomic E-state index is 12.2. The lowest BCUT2D eigenvalue weighted by molar-refractivity contribution is -0.116. The molecule has 28 heavy (non-hydrogen) atoms. The van der Waals surface area contributed by atoms with Crippen molar-refractivity contribution in [2.24, 2.45) is 0 Å². The third-order valence-electron chi connectivity index (χ3n) is 3.42. The van der Waals surface area contributed by atoms with E-state index in [1.165, 1.54) is 23.5 Å². The van der Waals surface area contributed by atoms with Gasteiger partial charge in [-0.25, -0.2) is 8.42 Å². The summed E-state index contributed by atoms with van der Waals surface area (Å²) in [5.74, 6) is 0.685. The van der Waals surface area contributed by atoms with E-state index in [1.54, 1.807) is 17.8 Å². The summed E-state index contributed by atoms with van der Waals surface area (Å²) in [6, 6.07) is 4.60. The van der Waals surface area contributed by atoms with Crippen molar-refractivity contribution in [3.63, 3.8) is 0 Å². The third-order valence-corrected chi connectivity index (χ3v) is 7.34. The molecule has 2 aromatic rings. The summed E-state index contributed by atoms with van der Waals surface area (Å²) < 4.78 is 26.3. The van der Waals surface area contributed by atoms with Gasteiger partial charge in [-0.1, -0.05) is 53.2 Å². The first kappa shape index (κ1) is 23.2. The molecule has 12 heteroatoms. The van der Waals surface area contributed by atoms with E-state index in [2.05, 4.69) is 22.4 Å². The second-order valence-electron chi connectivity index (χ2n) is 5.80. The quantitative estimate of drug-likeness (QED) is 0.394. The van der Waals surface area contributed by atoms with Crippen molar-refractivity contribution < 1.29 is 13.2 Å². The lowest BCUT2D eigenvalue weighted by Crippen LogP contribution is -2.31. The van der Waals surface area contributed by atoms with Crippen LogP contribution in [0.15, 0.2) is 22.5 Å². The van der Waals surface area contributed by atoms with E-state index >= 15 is 0 Å². The number of halogens is 2. The normalized spacial score (nSPS) is 11.4. The Kier molecular flexibility index (Phi) is 8.81. The van der Waals surface area contributed by atoms with Gasteiger partial charge in [-0.15, -0.1) is 10.2 Å². The number of anilines is 2. The first-order valence-corrected chi connectivity index (χ1v) is 12.8. The molecule has 0 spiro atoms. The average molecular weight is 483 g/mol. The number of nitrogens with one attached hydrogen (secondary N) is 1. The van der Waals surface area contributed by atoms with E-state index in [-0.39, 0.29) is 23.9 Å². The third kappa shape index (κ3) is 7.07. The smallest absolute Gasteiger partial charge is 0.232 e. The van der Waals surface area contributed by atoms with E-state index in [0.717, 1.165) is 27.1 Å². The number of nitrogens with zero attached hydrogens (tertiary/aromatic N) is 3. The Bertz CT molecular complexity index is 922. The van der Waals surface area contributed by atoms with E-state index in [1.807, 2.05) is 0 Å². The number of sulfonamides is 1. The number of benzene rings is 1. The van der Waals surface area contributed by atoms with Crippen LogP contribution in [0.4, 0.5) is 10.8 Å². The molecule has 0 bridgehead atoms. The average Bonchev–Trinajstić information content (AvgIpc) is 3.05. The van der Waals surface area contributed by atoms with Crippen molar-refractivity contribution in [1.82, 2.24) is 10.2 Å². The molecule has 0 atom stereocenters. The minimum atomic E-state index is -3.58. The van der Waals surface area contributed by atoms with Gasteiger partial charge in [0, 0.05) is 23.7 Å². The monoisotopic (exact) mass is 482 g/mol. The highest BCUT2D eigenvalue weighted by Crippen LogP contribution is 2.31. The minimum absolute atomic E-state index is 0.0973. The van der Waals surface area contributed by atoms with Gasteiger partial charge < -0.3 is 5.32 Å². The van der Waals surface area contributed by atoms with Gasteiger partial charge in [0.2, 0.25) is 21.1 Å². The van der Waals surface area contributed by atoms with Gasteiger partial charge in [-0.05, 0) is 31.0 Å². The molecule has 1 heterocycles. The minimum Gasteiger partial charge on any atom is -0.301 e. The molecule has 1 N–H and O–H groups in total. The molecule has 1 aromatic carbocycles. The summed E-state index contributed by atoms with van der Waals surface area (Å²) in [5, 5.41) is 11.7. The Labute approximate surface area is 182 Å². The SMILES string of the molecule is CCCSc1nnc(NC(=O)CCCN(c2cc(Cl)ccc2Cl)S(C)(=O)=O)s1. The largest absolute Gasteiger partial charge is 0.301 e. The van der Waals surface area contributed by atoms with E-state index in [4.69, 9.17) is 23.2 Å². The first-order valence-electron chi connectivity index (χ1n) is 8.39. The molecular weight excluding hydrogens is 463 g/mol. The molecule has 2 rings (SSSR count). The Balaban J connectivity index is 1.94. The van der Waals surface area contributed by atoms with Crippen LogP contribution in [-0.2, 0) is 14.8 Å². The Morgan fingerprint density at radius 3 is 2.75 bits per heavy atom. The van der Waals surface area contributed by atoms with Crippen LogP contribution in [0.2, 0.25) is 10.0 Å². The fourth-order valence-corrected chi connectivity index (χ4v) is 5.31. The van der Waals surface area contributed by atoms with Crippen molar-refractivity contribution in [2.75, 3.05) is 28.2 Å². The summed E-state index contributed by atoms with van der Waals surface area (Å²) >= 11 is 15.0. The van der Waals surface area contributed by atoms with Gasteiger partial charge in [0.25, 0.3) is 0 Å². The number of rotatable bonds is 10. The molecule has 1 aromatic heterocycles. The van der Waals surface area contributed by atoms with E-state index < -0.39 is 10.0 Å². The van der Waals surface area contributed by atoms with Gasteiger partial charge in [-0.3, -0.25) is 9.10 Å². The molecule has 0 unspecified atom stereocenters. The predicted molar refractivity (Wildman–Crippen MR) is 117 cm³/mol. The molecule has 0 aliphatic rings. The van der Waals surface area contributed by atoms with Gasteiger partial charge >= 0.3 is 0 Å². The molecule has 0 saturated heterocycles. The fraction of sp³-hybridized carbons (Fsp3) is 0.438. The van der Waals surface area contributed by atoms with Crippen LogP contribution in [0, 0.1) is 0 Å². The number of amides is 1. The van der Waals surface area contributed by atoms with Crippen LogP contribution < -0.4 is 9.62 Å². The zero-order chi connectivity index (χ0) is 20.7. The molecular formula is C16H20Cl2N4O3S3. The van der Waals surface area contributed by atoms with Crippen LogP contribution >= 0.6 is 46.3 Å². The Hall–Kier alpha value is -1.07. The van der Waals surface area contributed by atoms with Crippen molar-refractivity contribution in [3.8, 4) is 0 Å². The number of thioether (sulfide) groups is 1. The van der Waals surface area contributed by atoms with Crippen molar-refractivity contribution in [1.29, 1.82) is 0 Å². The van der Waals surface area contributed by atoms with Gasteiger partial charge in [0.15, 0.2) is 4.34 Å². The molecule has 0 radical (unpaired) electrons. The van der Waals surface area contributed by atoms with Crippen molar-refractivity contribution >= 4 is 73.0 Å². The van der Waals surface area contributed by atoms with Crippen LogP contribution in [0.5, 0.6) is 0 Å². The topological polar surface area (TPSA) is 92.3 Å². The lowest BCUT2D eigenvalue weighted by atomic mass is 10.2. The standard InChI is InChI=1S/C16H20Cl2N4O3S3/c1-3-9-26-16-21-20-15(27-16)19-14(23)5-4-8-22(28(2,24)25)13-10-11(17)6-7-12(13)18/h6-7,10H,3-5,8-9H2,1-2H3,(H,19,20,23). The van der Waals surface area contributed by atoms with Crippen LogP contribution in [0.25, 0.3) is 0 Å². The van der Waals surface area contributed by atoms with Crippen LogP contribution in [0.1, 0.15) is 26.2 Å². The summed E-state index contributed by atoms with van der Waals surface area (Å²) in [6.07, 6.45) is 2.54. The number of hydrogen-bond acceptors (Lipinski definition) is 7. The number of hydrogen-bond donors (Lipinski definition) is 1. The summed E-state index contributed by atoms with van der Waals surface area (Å²) in [5.41, 5.74) is 0.291. The summed E-state index contributed by atoms with van der Waals surface area (Å²) in [4.78, 5) is 12.1. The van der Waals surface area contributed by atoms with Gasteiger partial charge in [0.05, 0.1) is 17.0 Å². The molecule has 154 valence electrons. The van der Waals surface area contributed by atoms with Gasteiger partial charge in [0.1, 0.15) is 0 Å². The van der Waals surface area contributed by atoms with Crippen molar-refractivity contribution in [2.45, 2.75) is 30.5 Å². The Morgan fingerprint density at radius 2 is 2.07 bits per heavy atom. The second-order valence-corrected chi connectivity index (χ2v) is 10.9.